The fourth-order valence-electron chi connectivity index (χ4n) is 2.51. The lowest BCUT2D eigenvalue weighted by atomic mass is 9.94. The second-order valence-electron chi connectivity index (χ2n) is 5.88. The van der Waals surface area contributed by atoms with Crippen molar-refractivity contribution >= 4 is 0 Å². The van der Waals surface area contributed by atoms with Crippen LogP contribution in [0.5, 0.6) is 0 Å². The van der Waals surface area contributed by atoms with Crippen LogP contribution in [0.15, 0.2) is 34.9 Å². The maximum atomic E-state index is 5.47. The fraction of sp³-hybridized carbons (Fsp3) is 0.529. The second-order valence-corrected chi connectivity index (χ2v) is 5.88. The van der Waals surface area contributed by atoms with Gasteiger partial charge in [0, 0.05) is 12.5 Å². The summed E-state index contributed by atoms with van der Waals surface area (Å²) in [6, 6.07) is 10.6. The molecule has 114 valence electrons. The van der Waals surface area contributed by atoms with Crippen molar-refractivity contribution in [3.8, 4) is 0 Å². The van der Waals surface area contributed by atoms with Gasteiger partial charge in [0.05, 0.1) is 5.92 Å². The van der Waals surface area contributed by atoms with E-state index in [4.69, 9.17) is 4.52 Å². The first-order valence-corrected chi connectivity index (χ1v) is 7.72. The number of hydrogen-bond donors (Lipinski definition) is 1. The molecular formula is C17H25N3O. The molecule has 1 aromatic carbocycles. The highest BCUT2D eigenvalue weighted by molar-refractivity contribution is 5.22. The molecule has 0 aliphatic carbocycles. The van der Waals surface area contributed by atoms with Crippen LogP contribution in [0.1, 0.15) is 56.9 Å². The lowest BCUT2D eigenvalue weighted by Crippen LogP contribution is -2.26. The van der Waals surface area contributed by atoms with Crippen LogP contribution < -0.4 is 5.32 Å². The van der Waals surface area contributed by atoms with Gasteiger partial charge in [-0.1, -0.05) is 63.2 Å². The van der Waals surface area contributed by atoms with Crippen molar-refractivity contribution in [2.45, 2.75) is 46.1 Å². The molecular weight excluding hydrogens is 262 g/mol. The van der Waals surface area contributed by atoms with E-state index in [1.54, 1.807) is 0 Å². The van der Waals surface area contributed by atoms with E-state index >= 15 is 0 Å². The molecule has 0 fully saturated rings. The molecule has 0 bridgehead atoms. The van der Waals surface area contributed by atoms with Crippen molar-refractivity contribution in [1.82, 2.24) is 15.5 Å². The SMILES string of the molecule is CCNC(c1ccccc1)C(C)c1nc(CC(C)C)no1. The topological polar surface area (TPSA) is 51.0 Å². The Balaban J connectivity index is 2.18. The van der Waals surface area contributed by atoms with E-state index in [-0.39, 0.29) is 12.0 Å². The number of nitrogens with one attached hydrogen (secondary N) is 1. The number of nitrogens with zero attached hydrogens (tertiary/aromatic N) is 2. The van der Waals surface area contributed by atoms with E-state index in [9.17, 15) is 0 Å². The largest absolute Gasteiger partial charge is 0.339 e. The molecule has 2 aromatic rings. The van der Waals surface area contributed by atoms with E-state index in [1.807, 2.05) is 6.07 Å². The standard InChI is InChI=1S/C17H25N3O/c1-5-18-16(14-9-7-6-8-10-14)13(4)17-19-15(20-21-17)11-12(2)3/h6-10,12-13,16,18H,5,11H2,1-4H3. The third-order valence-electron chi connectivity index (χ3n) is 3.55. The molecule has 4 heteroatoms. The van der Waals surface area contributed by atoms with Crippen LogP contribution in [0.25, 0.3) is 0 Å². The number of benzene rings is 1. The van der Waals surface area contributed by atoms with E-state index in [0.29, 0.717) is 11.8 Å². The Hall–Kier alpha value is -1.68. The average Bonchev–Trinajstić information content (AvgIpc) is 2.92. The van der Waals surface area contributed by atoms with E-state index in [0.717, 1.165) is 18.8 Å². The highest BCUT2D eigenvalue weighted by Crippen LogP contribution is 2.29. The summed E-state index contributed by atoms with van der Waals surface area (Å²) in [7, 11) is 0. The first-order valence-electron chi connectivity index (χ1n) is 7.72. The molecule has 0 aliphatic rings. The Morgan fingerprint density at radius 3 is 2.48 bits per heavy atom. The minimum Gasteiger partial charge on any atom is -0.339 e. The number of hydrogen-bond acceptors (Lipinski definition) is 4. The van der Waals surface area contributed by atoms with Crippen LogP contribution in [0.2, 0.25) is 0 Å². The van der Waals surface area contributed by atoms with Crippen molar-refractivity contribution < 1.29 is 4.52 Å². The summed E-state index contributed by atoms with van der Waals surface area (Å²) >= 11 is 0. The molecule has 1 heterocycles. The maximum Gasteiger partial charge on any atom is 0.231 e. The van der Waals surface area contributed by atoms with Crippen molar-refractivity contribution in [2.24, 2.45) is 5.92 Å². The summed E-state index contributed by atoms with van der Waals surface area (Å²) in [6.07, 6.45) is 0.855. The molecule has 0 aliphatic heterocycles. The van der Waals surface area contributed by atoms with Gasteiger partial charge in [-0.3, -0.25) is 0 Å². The van der Waals surface area contributed by atoms with Gasteiger partial charge in [0.1, 0.15) is 0 Å². The molecule has 1 N–H and O–H groups in total. The summed E-state index contributed by atoms with van der Waals surface area (Å²) < 4.78 is 5.47. The van der Waals surface area contributed by atoms with E-state index < -0.39 is 0 Å². The van der Waals surface area contributed by atoms with Gasteiger partial charge in [-0.15, -0.1) is 0 Å². The monoisotopic (exact) mass is 287 g/mol. The Kier molecular flexibility index (Phi) is 5.51. The minimum atomic E-state index is 0.140. The second kappa shape index (κ2) is 7.36. The molecule has 0 spiro atoms. The third-order valence-corrected chi connectivity index (χ3v) is 3.55. The van der Waals surface area contributed by atoms with Gasteiger partial charge in [-0.25, -0.2) is 0 Å². The molecule has 2 atom stereocenters. The molecule has 0 amide bonds. The van der Waals surface area contributed by atoms with Gasteiger partial charge in [-0.05, 0) is 18.0 Å². The van der Waals surface area contributed by atoms with Gasteiger partial charge in [0.15, 0.2) is 5.82 Å². The number of rotatable bonds is 7. The highest BCUT2D eigenvalue weighted by atomic mass is 16.5. The molecule has 21 heavy (non-hydrogen) atoms. The quantitative estimate of drug-likeness (QED) is 0.843. The minimum absolute atomic E-state index is 0.140. The molecule has 4 nitrogen and oxygen atoms in total. The van der Waals surface area contributed by atoms with Crippen LogP contribution in [0.3, 0.4) is 0 Å². The Morgan fingerprint density at radius 2 is 1.86 bits per heavy atom. The van der Waals surface area contributed by atoms with E-state index in [2.05, 4.69) is 67.4 Å². The van der Waals surface area contributed by atoms with Crippen molar-refractivity contribution in [2.75, 3.05) is 6.54 Å². The fourth-order valence-corrected chi connectivity index (χ4v) is 2.51. The van der Waals surface area contributed by atoms with Gasteiger partial charge in [0.25, 0.3) is 0 Å². The first kappa shape index (κ1) is 15.7. The Bertz CT molecular complexity index is 536. The summed E-state index contributed by atoms with van der Waals surface area (Å²) in [5.74, 6) is 2.18. The van der Waals surface area contributed by atoms with Crippen molar-refractivity contribution in [3.63, 3.8) is 0 Å². The predicted molar refractivity (Wildman–Crippen MR) is 84.1 cm³/mol. The summed E-state index contributed by atoms with van der Waals surface area (Å²) in [5.41, 5.74) is 1.25. The Morgan fingerprint density at radius 1 is 1.14 bits per heavy atom. The molecule has 0 saturated carbocycles. The normalized spacial score (nSPS) is 14.3. The van der Waals surface area contributed by atoms with E-state index in [1.165, 1.54) is 5.56 Å². The van der Waals surface area contributed by atoms with Crippen LogP contribution in [0, 0.1) is 5.92 Å². The summed E-state index contributed by atoms with van der Waals surface area (Å²) in [5, 5.41) is 7.62. The van der Waals surface area contributed by atoms with Gasteiger partial charge in [-0.2, -0.15) is 4.98 Å². The van der Waals surface area contributed by atoms with Crippen LogP contribution in [-0.4, -0.2) is 16.7 Å². The molecule has 2 unspecified atom stereocenters. The molecule has 2 rings (SSSR count). The predicted octanol–water partition coefficient (Wildman–Crippen LogP) is 3.72. The summed E-state index contributed by atoms with van der Waals surface area (Å²) in [6.45, 7) is 9.46. The lowest BCUT2D eigenvalue weighted by Gasteiger charge is -2.22. The van der Waals surface area contributed by atoms with Crippen LogP contribution >= 0.6 is 0 Å². The maximum absolute atomic E-state index is 5.47. The van der Waals surface area contributed by atoms with Gasteiger partial charge in [0.2, 0.25) is 5.89 Å². The smallest absolute Gasteiger partial charge is 0.231 e. The first-order chi connectivity index (χ1) is 10.1. The lowest BCUT2D eigenvalue weighted by molar-refractivity contribution is 0.324. The molecule has 0 radical (unpaired) electrons. The Labute approximate surface area is 127 Å². The summed E-state index contributed by atoms with van der Waals surface area (Å²) in [4.78, 5) is 4.56. The van der Waals surface area contributed by atoms with Crippen LogP contribution in [-0.2, 0) is 6.42 Å². The highest BCUT2D eigenvalue weighted by Gasteiger charge is 2.25. The van der Waals surface area contributed by atoms with Crippen molar-refractivity contribution in [3.05, 3.63) is 47.6 Å². The number of likely N-dealkylation sites (N-methyl/N-ethyl adjacent to an activating group) is 1. The molecule has 1 aromatic heterocycles. The third kappa shape index (κ3) is 4.14. The van der Waals surface area contributed by atoms with Gasteiger partial charge >= 0.3 is 0 Å². The van der Waals surface area contributed by atoms with Gasteiger partial charge < -0.3 is 9.84 Å². The zero-order valence-electron chi connectivity index (χ0n) is 13.3. The van der Waals surface area contributed by atoms with Crippen LogP contribution in [0.4, 0.5) is 0 Å². The zero-order chi connectivity index (χ0) is 15.2. The van der Waals surface area contributed by atoms with Crippen molar-refractivity contribution in [1.29, 1.82) is 0 Å². The zero-order valence-corrected chi connectivity index (χ0v) is 13.3. The average molecular weight is 287 g/mol. The molecule has 0 saturated heterocycles. The number of aromatic nitrogens is 2.